The summed E-state index contributed by atoms with van der Waals surface area (Å²) in [6.45, 7) is 7.80. The molecule has 3 atom stereocenters. The number of ether oxygens (including phenoxy) is 1. The average molecular weight is 290 g/mol. The Morgan fingerprint density at radius 1 is 1.43 bits per heavy atom. The van der Waals surface area contributed by atoms with Crippen LogP contribution < -0.4 is 15.4 Å². The minimum absolute atomic E-state index is 0.0649. The van der Waals surface area contributed by atoms with Crippen LogP contribution in [0.25, 0.3) is 0 Å². The standard InChI is InChI=1S/C17H26N2O2/c1-12-5-4-6-15(11-12)21-10-8-16(20)19-17-13(2)7-9-18-14(17)3/h4-6,11,13-14,17-18H,7-10H2,1-3H3,(H,19,20). The first kappa shape index (κ1) is 15.8. The van der Waals surface area contributed by atoms with Gasteiger partial charge in [-0.05, 0) is 50.4 Å². The summed E-state index contributed by atoms with van der Waals surface area (Å²) >= 11 is 0. The first-order valence-electron chi connectivity index (χ1n) is 7.78. The highest BCUT2D eigenvalue weighted by molar-refractivity contribution is 5.76. The molecule has 116 valence electrons. The molecular weight excluding hydrogens is 264 g/mol. The van der Waals surface area contributed by atoms with Crippen molar-refractivity contribution in [2.45, 2.75) is 45.7 Å². The quantitative estimate of drug-likeness (QED) is 0.874. The van der Waals surface area contributed by atoms with Crippen molar-refractivity contribution in [1.29, 1.82) is 0 Å². The topological polar surface area (TPSA) is 50.4 Å². The Balaban J connectivity index is 1.74. The van der Waals surface area contributed by atoms with E-state index in [4.69, 9.17) is 4.74 Å². The van der Waals surface area contributed by atoms with Crippen molar-refractivity contribution in [2.24, 2.45) is 5.92 Å². The Labute approximate surface area is 127 Å². The first-order chi connectivity index (χ1) is 10.1. The Bertz CT molecular complexity index is 466. The maximum Gasteiger partial charge on any atom is 0.223 e. The molecule has 1 amide bonds. The van der Waals surface area contributed by atoms with Crippen LogP contribution in [0.3, 0.4) is 0 Å². The fourth-order valence-corrected chi connectivity index (χ4v) is 2.83. The number of carbonyl (C=O) groups is 1. The van der Waals surface area contributed by atoms with Gasteiger partial charge in [-0.15, -0.1) is 0 Å². The third kappa shape index (κ3) is 4.74. The number of nitrogens with one attached hydrogen (secondary N) is 2. The molecule has 1 aliphatic rings. The number of amides is 1. The van der Waals surface area contributed by atoms with E-state index < -0.39 is 0 Å². The summed E-state index contributed by atoms with van der Waals surface area (Å²) in [7, 11) is 0. The third-order valence-electron chi connectivity index (χ3n) is 4.13. The van der Waals surface area contributed by atoms with Crippen LogP contribution in [0.4, 0.5) is 0 Å². The van der Waals surface area contributed by atoms with E-state index in [9.17, 15) is 4.79 Å². The van der Waals surface area contributed by atoms with Crippen LogP contribution in [-0.2, 0) is 4.79 Å². The van der Waals surface area contributed by atoms with Gasteiger partial charge in [0.25, 0.3) is 0 Å². The second-order valence-corrected chi connectivity index (χ2v) is 6.02. The lowest BCUT2D eigenvalue weighted by atomic mass is 9.89. The van der Waals surface area contributed by atoms with Gasteiger partial charge in [-0.25, -0.2) is 0 Å². The molecule has 4 nitrogen and oxygen atoms in total. The average Bonchev–Trinajstić information content (AvgIpc) is 2.43. The number of carbonyl (C=O) groups excluding carboxylic acids is 1. The zero-order chi connectivity index (χ0) is 15.2. The van der Waals surface area contributed by atoms with Crippen LogP contribution in [0.1, 0.15) is 32.3 Å². The molecule has 0 spiro atoms. The van der Waals surface area contributed by atoms with Gasteiger partial charge in [-0.2, -0.15) is 0 Å². The number of benzene rings is 1. The van der Waals surface area contributed by atoms with E-state index in [2.05, 4.69) is 24.5 Å². The van der Waals surface area contributed by atoms with Gasteiger partial charge in [0.1, 0.15) is 5.75 Å². The molecule has 0 aromatic heterocycles. The monoisotopic (exact) mass is 290 g/mol. The highest BCUT2D eigenvalue weighted by Crippen LogP contribution is 2.16. The van der Waals surface area contributed by atoms with Crippen LogP contribution in [0.15, 0.2) is 24.3 Å². The van der Waals surface area contributed by atoms with E-state index in [1.54, 1.807) is 0 Å². The summed E-state index contributed by atoms with van der Waals surface area (Å²) in [6, 6.07) is 8.42. The van der Waals surface area contributed by atoms with E-state index >= 15 is 0 Å². The van der Waals surface area contributed by atoms with E-state index in [1.807, 2.05) is 31.2 Å². The molecule has 2 N–H and O–H groups in total. The number of hydrogen-bond donors (Lipinski definition) is 2. The predicted molar refractivity (Wildman–Crippen MR) is 84.5 cm³/mol. The maximum absolute atomic E-state index is 12.0. The highest BCUT2D eigenvalue weighted by atomic mass is 16.5. The number of hydrogen-bond acceptors (Lipinski definition) is 3. The second kappa shape index (κ2) is 7.46. The second-order valence-electron chi connectivity index (χ2n) is 6.02. The van der Waals surface area contributed by atoms with Gasteiger partial charge >= 0.3 is 0 Å². The number of piperidine rings is 1. The summed E-state index contributed by atoms with van der Waals surface area (Å²) in [5.41, 5.74) is 1.16. The van der Waals surface area contributed by atoms with Gasteiger partial charge in [0.2, 0.25) is 5.91 Å². The summed E-state index contributed by atoms with van der Waals surface area (Å²) in [6.07, 6.45) is 1.50. The van der Waals surface area contributed by atoms with E-state index in [0.717, 1.165) is 24.3 Å². The molecule has 1 aromatic rings. The molecule has 1 fully saturated rings. The Hall–Kier alpha value is -1.55. The molecule has 0 bridgehead atoms. The zero-order valence-corrected chi connectivity index (χ0v) is 13.2. The first-order valence-corrected chi connectivity index (χ1v) is 7.78. The van der Waals surface area contributed by atoms with Gasteiger partial charge in [-0.3, -0.25) is 4.79 Å². The molecule has 0 aliphatic carbocycles. The van der Waals surface area contributed by atoms with Crippen molar-refractivity contribution in [2.75, 3.05) is 13.2 Å². The maximum atomic E-state index is 12.0. The SMILES string of the molecule is Cc1cccc(OCCC(=O)NC2C(C)CCNC2C)c1. The van der Waals surface area contributed by atoms with Gasteiger partial charge < -0.3 is 15.4 Å². The minimum Gasteiger partial charge on any atom is -0.493 e. The predicted octanol–water partition coefficient (Wildman–Crippen LogP) is 2.27. The smallest absolute Gasteiger partial charge is 0.223 e. The van der Waals surface area contributed by atoms with Crippen molar-refractivity contribution in [3.8, 4) is 5.75 Å². The minimum atomic E-state index is 0.0649. The molecule has 1 aromatic carbocycles. The van der Waals surface area contributed by atoms with Crippen molar-refractivity contribution in [3.05, 3.63) is 29.8 Å². The molecule has 0 radical (unpaired) electrons. The Morgan fingerprint density at radius 3 is 2.95 bits per heavy atom. The zero-order valence-electron chi connectivity index (χ0n) is 13.2. The summed E-state index contributed by atoms with van der Waals surface area (Å²) in [5, 5.41) is 6.54. The number of aryl methyl sites for hydroxylation is 1. The Kier molecular flexibility index (Phi) is 5.62. The molecule has 0 saturated carbocycles. The molecule has 2 rings (SSSR count). The largest absolute Gasteiger partial charge is 0.493 e. The van der Waals surface area contributed by atoms with Crippen LogP contribution in [0.5, 0.6) is 5.75 Å². The lowest BCUT2D eigenvalue weighted by Crippen LogP contribution is -2.56. The van der Waals surface area contributed by atoms with Crippen molar-refractivity contribution >= 4 is 5.91 Å². The Morgan fingerprint density at radius 2 is 2.24 bits per heavy atom. The van der Waals surface area contributed by atoms with Gasteiger partial charge in [0.05, 0.1) is 13.0 Å². The van der Waals surface area contributed by atoms with Gasteiger partial charge in [0.15, 0.2) is 0 Å². The fraction of sp³-hybridized carbons (Fsp3) is 0.588. The van der Waals surface area contributed by atoms with Gasteiger partial charge in [0, 0.05) is 12.1 Å². The molecule has 4 heteroatoms. The fourth-order valence-electron chi connectivity index (χ4n) is 2.83. The molecule has 1 heterocycles. The van der Waals surface area contributed by atoms with Crippen molar-refractivity contribution in [1.82, 2.24) is 10.6 Å². The third-order valence-corrected chi connectivity index (χ3v) is 4.13. The van der Waals surface area contributed by atoms with Crippen LogP contribution in [-0.4, -0.2) is 31.1 Å². The lowest BCUT2D eigenvalue weighted by molar-refractivity contribution is -0.123. The summed E-state index contributed by atoms with van der Waals surface area (Å²) < 4.78 is 5.62. The molecule has 1 saturated heterocycles. The summed E-state index contributed by atoms with van der Waals surface area (Å²) in [5.74, 6) is 1.40. The van der Waals surface area contributed by atoms with Crippen molar-refractivity contribution < 1.29 is 9.53 Å². The van der Waals surface area contributed by atoms with Crippen molar-refractivity contribution in [3.63, 3.8) is 0 Å². The van der Waals surface area contributed by atoms with E-state index in [-0.39, 0.29) is 11.9 Å². The molecule has 1 aliphatic heterocycles. The van der Waals surface area contributed by atoms with E-state index in [0.29, 0.717) is 25.0 Å². The molecular formula is C17H26N2O2. The molecule has 3 unspecified atom stereocenters. The normalized spacial score (nSPS) is 25.4. The summed E-state index contributed by atoms with van der Waals surface area (Å²) in [4.78, 5) is 12.0. The van der Waals surface area contributed by atoms with Crippen LogP contribution in [0, 0.1) is 12.8 Å². The van der Waals surface area contributed by atoms with E-state index in [1.165, 1.54) is 0 Å². The molecule has 21 heavy (non-hydrogen) atoms. The van der Waals surface area contributed by atoms with Crippen LogP contribution >= 0.6 is 0 Å². The van der Waals surface area contributed by atoms with Gasteiger partial charge in [-0.1, -0.05) is 19.1 Å². The van der Waals surface area contributed by atoms with Crippen LogP contribution in [0.2, 0.25) is 0 Å². The highest BCUT2D eigenvalue weighted by Gasteiger charge is 2.28. The lowest BCUT2D eigenvalue weighted by Gasteiger charge is -2.36. The number of rotatable bonds is 5.